The second-order valence-corrected chi connectivity index (χ2v) is 6.95. The lowest BCUT2D eigenvalue weighted by Crippen LogP contribution is -2.36. The van der Waals surface area contributed by atoms with E-state index in [4.69, 9.17) is 0 Å². The van der Waals surface area contributed by atoms with Crippen LogP contribution in [0.15, 0.2) is 42.9 Å². The maximum absolute atomic E-state index is 4.55. The molecule has 0 spiro atoms. The van der Waals surface area contributed by atoms with Crippen LogP contribution in [0.3, 0.4) is 0 Å². The van der Waals surface area contributed by atoms with Crippen molar-refractivity contribution in [2.75, 3.05) is 38.6 Å². The highest BCUT2D eigenvalue weighted by atomic mass is 15.3. The van der Waals surface area contributed by atoms with E-state index in [-0.39, 0.29) is 0 Å². The first-order chi connectivity index (χ1) is 12.2. The van der Waals surface area contributed by atoms with Crippen LogP contribution in [0.2, 0.25) is 0 Å². The second-order valence-electron chi connectivity index (χ2n) is 6.95. The van der Waals surface area contributed by atoms with Gasteiger partial charge < -0.3 is 9.80 Å². The topological polar surface area (TPSA) is 50.1 Å². The van der Waals surface area contributed by atoms with Gasteiger partial charge in [-0.3, -0.25) is 0 Å². The Kier molecular flexibility index (Phi) is 4.36. The summed E-state index contributed by atoms with van der Waals surface area (Å²) in [6.07, 6.45) is 6.02. The summed E-state index contributed by atoms with van der Waals surface area (Å²) in [5.41, 5.74) is 1.87. The summed E-state index contributed by atoms with van der Waals surface area (Å²) in [5.74, 6) is 1.68. The van der Waals surface area contributed by atoms with Gasteiger partial charge in [0.15, 0.2) is 5.65 Å². The maximum atomic E-state index is 4.55. The molecular weight excluding hydrogens is 312 g/mol. The average molecular weight is 336 g/mol. The number of fused-ring (bicyclic) bond motifs is 1. The van der Waals surface area contributed by atoms with E-state index in [0.717, 1.165) is 35.0 Å². The summed E-state index contributed by atoms with van der Waals surface area (Å²) in [6, 6.07) is 10.1. The van der Waals surface area contributed by atoms with Gasteiger partial charge in [-0.25, -0.2) is 14.6 Å². The van der Waals surface area contributed by atoms with Crippen molar-refractivity contribution < 1.29 is 0 Å². The molecule has 2 aromatic heterocycles. The predicted octanol–water partition coefficient (Wildman–Crippen LogP) is 2.59. The van der Waals surface area contributed by atoms with Crippen LogP contribution in [0.25, 0.3) is 16.7 Å². The molecule has 6 nitrogen and oxygen atoms in total. The number of anilines is 1. The summed E-state index contributed by atoms with van der Waals surface area (Å²) in [7, 11) is 4.33. The molecule has 0 aliphatic carbocycles. The van der Waals surface area contributed by atoms with E-state index in [1.807, 2.05) is 41.2 Å². The number of aromatic nitrogens is 4. The monoisotopic (exact) mass is 336 g/mol. The highest BCUT2D eigenvalue weighted by Crippen LogP contribution is 2.26. The lowest BCUT2D eigenvalue weighted by Gasteiger charge is -2.32. The summed E-state index contributed by atoms with van der Waals surface area (Å²) < 4.78 is 1.88. The van der Waals surface area contributed by atoms with Crippen molar-refractivity contribution in [3.8, 4) is 5.69 Å². The molecule has 3 heterocycles. The van der Waals surface area contributed by atoms with Crippen LogP contribution in [-0.4, -0.2) is 58.4 Å². The molecule has 0 saturated carbocycles. The van der Waals surface area contributed by atoms with Crippen LogP contribution in [0.1, 0.15) is 12.8 Å². The van der Waals surface area contributed by atoms with Crippen LogP contribution in [0, 0.1) is 5.92 Å². The highest BCUT2D eigenvalue weighted by molar-refractivity contribution is 5.87. The van der Waals surface area contributed by atoms with Crippen molar-refractivity contribution >= 4 is 16.9 Å². The van der Waals surface area contributed by atoms with Crippen LogP contribution in [0.4, 0.5) is 5.82 Å². The smallest absolute Gasteiger partial charge is 0.168 e. The number of piperidine rings is 1. The Balaban J connectivity index is 1.61. The average Bonchev–Trinajstić information content (AvgIpc) is 3.08. The summed E-state index contributed by atoms with van der Waals surface area (Å²) in [5, 5.41) is 5.55. The normalized spacial score (nSPS) is 16.4. The molecule has 25 heavy (non-hydrogen) atoms. The summed E-state index contributed by atoms with van der Waals surface area (Å²) >= 11 is 0. The zero-order valence-electron chi connectivity index (χ0n) is 14.8. The molecule has 1 aliphatic rings. The minimum Gasteiger partial charge on any atom is -0.359 e. The number of rotatable bonds is 4. The Morgan fingerprint density at radius 1 is 1.12 bits per heavy atom. The van der Waals surface area contributed by atoms with Gasteiger partial charge in [0.2, 0.25) is 0 Å². The second kappa shape index (κ2) is 6.80. The molecule has 0 radical (unpaired) electrons. The molecule has 0 unspecified atom stereocenters. The highest BCUT2D eigenvalue weighted by Gasteiger charge is 2.20. The Morgan fingerprint density at radius 2 is 1.88 bits per heavy atom. The Bertz CT molecular complexity index is 836. The standard InChI is InChI=1S/C19H24N6/c1-23-10-8-15(9-11-23)13-24(2)18-17-12-22-25(19(17)21-14-20-18)16-6-4-3-5-7-16/h3-7,12,14-15H,8-11,13H2,1-2H3. The Labute approximate surface area is 148 Å². The molecule has 0 amide bonds. The lowest BCUT2D eigenvalue weighted by atomic mass is 9.96. The van der Waals surface area contributed by atoms with Gasteiger partial charge in [-0.1, -0.05) is 18.2 Å². The molecule has 4 rings (SSSR count). The molecular formula is C19H24N6. The number of hydrogen-bond acceptors (Lipinski definition) is 5. The molecule has 1 aliphatic heterocycles. The molecule has 0 N–H and O–H groups in total. The quantitative estimate of drug-likeness (QED) is 0.733. The van der Waals surface area contributed by atoms with Crippen molar-refractivity contribution in [2.24, 2.45) is 5.92 Å². The number of benzene rings is 1. The van der Waals surface area contributed by atoms with Gasteiger partial charge in [-0.15, -0.1) is 0 Å². The first-order valence-electron chi connectivity index (χ1n) is 8.86. The third-order valence-electron chi connectivity index (χ3n) is 5.08. The minimum atomic E-state index is 0.718. The molecule has 0 bridgehead atoms. The van der Waals surface area contributed by atoms with Crippen molar-refractivity contribution in [3.05, 3.63) is 42.9 Å². The van der Waals surface area contributed by atoms with Gasteiger partial charge >= 0.3 is 0 Å². The number of nitrogens with zero attached hydrogens (tertiary/aromatic N) is 6. The maximum Gasteiger partial charge on any atom is 0.168 e. The van der Waals surface area contributed by atoms with E-state index >= 15 is 0 Å². The van der Waals surface area contributed by atoms with E-state index in [1.165, 1.54) is 25.9 Å². The first-order valence-corrected chi connectivity index (χ1v) is 8.86. The van der Waals surface area contributed by atoms with E-state index in [0.29, 0.717) is 0 Å². The van der Waals surface area contributed by atoms with Gasteiger partial charge in [0.1, 0.15) is 12.1 Å². The van der Waals surface area contributed by atoms with Crippen LogP contribution >= 0.6 is 0 Å². The van der Waals surface area contributed by atoms with Crippen LogP contribution < -0.4 is 4.90 Å². The van der Waals surface area contributed by atoms with Crippen LogP contribution in [0.5, 0.6) is 0 Å². The number of hydrogen-bond donors (Lipinski definition) is 0. The Hall–Kier alpha value is -2.47. The molecule has 1 aromatic carbocycles. The molecule has 1 saturated heterocycles. The lowest BCUT2D eigenvalue weighted by molar-refractivity contribution is 0.222. The predicted molar refractivity (Wildman–Crippen MR) is 100 cm³/mol. The SMILES string of the molecule is CN1CCC(CN(C)c2ncnc3c2cnn3-c2ccccc2)CC1. The zero-order valence-corrected chi connectivity index (χ0v) is 14.8. The third kappa shape index (κ3) is 3.22. The van der Waals surface area contributed by atoms with Crippen molar-refractivity contribution in [3.63, 3.8) is 0 Å². The van der Waals surface area contributed by atoms with Crippen LogP contribution in [-0.2, 0) is 0 Å². The molecule has 1 fully saturated rings. The van der Waals surface area contributed by atoms with E-state index in [1.54, 1.807) is 6.33 Å². The van der Waals surface area contributed by atoms with E-state index in [2.05, 4.69) is 39.0 Å². The molecule has 0 atom stereocenters. The van der Waals surface area contributed by atoms with E-state index < -0.39 is 0 Å². The van der Waals surface area contributed by atoms with Crippen molar-refractivity contribution in [1.82, 2.24) is 24.6 Å². The molecule has 130 valence electrons. The Morgan fingerprint density at radius 3 is 2.64 bits per heavy atom. The van der Waals surface area contributed by atoms with Crippen molar-refractivity contribution in [1.29, 1.82) is 0 Å². The summed E-state index contributed by atoms with van der Waals surface area (Å²) in [6.45, 7) is 3.39. The largest absolute Gasteiger partial charge is 0.359 e. The van der Waals surface area contributed by atoms with Gasteiger partial charge in [0.05, 0.1) is 17.3 Å². The number of likely N-dealkylation sites (tertiary alicyclic amines) is 1. The fourth-order valence-electron chi connectivity index (χ4n) is 3.61. The third-order valence-corrected chi connectivity index (χ3v) is 5.08. The fourth-order valence-corrected chi connectivity index (χ4v) is 3.61. The first kappa shape index (κ1) is 16.0. The minimum absolute atomic E-state index is 0.718. The zero-order chi connectivity index (χ0) is 17.2. The van der Waals surface area contributed by atoms with E-state index in [9.17, 15) is 0 Å². The van der Waals surface area contributed by atoms with Gasteiger partial charge in [0, 0.05) is 13.6 Å². The summed E-state index contributed by atoms with van der Waals surface area (Å²) in [4.78, 5) is 13.7. The van der Waals surface area contributed by atoms with Gasteiger partial charge in [0.25, 0.3) is 0 Å². The molecule has 3 aromatic rings. The number of para-hydroxylation sites is 1. The van der Waals surface area contributed by atoms with Gasteiger partial charge in [-0.2, -0.15) is 5.10 Å². The molecule has 6 heteroatoms. The van der Waals surface area contributed by atoms with Gasteiger partial charge in [-0.05, 0) is 51.0 Å². The fraction of sp³-hybridized carbons (Fsp3) is 0.421. The van der Waals surface area contributed by atoms with Crippen molar-refractivity contribution in [2.45, 2.75) is 12.8 Å².